The molecule has 0 saturated carbocycles. The molecule has 0 aromatic heterocycles. The van der Waals surface area contributed by atoms with Crippen LogP contribution in [0.5, 0.6) is 11.5 Å². The van der Waals surface area contributed by atoms with Crippen LogP contribution in [-0.4, -0.2) is 10.2 Å². The van der Waals surface area contributed by atoms with Gasteiger partial charge in [-0.1, -0.05) is 55.4 Å². The minimum atomic E-state index is -0.324. The molecule has 4 heteroatoms. The van der Waals surface area contributed by atoms with Gasteiger partial charge in [0.2, 0.25) is 0 Å². The van der Waals surface area contributed by atoms with Crippen molar-refractivity contribution in [1.29, 1.82) is 0 Å². The van der Waals surface area contributed by atoms with E-state index < -0.39 is 0 Å². The number of hydrogen-bond donors (Lipinski definition) is 4. The number of hydrogen-bond acceptors (Lipinski definition) is 4. The molecule has 2 rings (SSSR count). The summed E-state index contributed by atoms with van der Waals surface area (Å²) in [6, 6.07) is 0. The maximum atomic E-state index is 10.4. The van der Waals surface area contributed by atoms with Crippen LogP contribution in [-0.2, 0) is 10.8 Å². The van der Waals surface area contributed by atoms with E-state index in [2.05, 4.69) is 41.5 Å². The van der Waals surface area contributed by atoms with Crippen LogP contribution in [0.4, 0.5) is 11.4 Å². The molecule has 0 amide bonds. The number of fused-ring (bicyclic) bond motifs is 1. The fourth-order valence-corrected chi connectivity index (χ4v) is 3.38. The van der Waals surface area contributed by atoms with Gasteiger partial charge in [-0.3, -0.25) is 0 Å². The molecule has 0 fully saturated rings. The summed E-state index contributed by atoms with van der Waals surface area (Å²) >= 11 is 0. The zero-order valence-electron chi connectivity index (χ0n) is 14.5. The Balaban J connectivity index is 0.00000106. The SMILES string of the molecule is CC.CC1(C)c2c(O)c(N)c(N)c(O)c2C(C)(C)C1(C)C. The summed E-state index contributed by atoms with van der Waals surface area (Å²) in [5.74, 6) is 0.0166. The number of aromatic hydroxyl groups is 2. The number of phenols is 2. The number of benzene rings is 1. The first-order valence-electron chi connectivity index (χ1n) is 7.52. The Labute approximate surface area is 128 Å². The predicted octanol–water partition coefficient (Wildman–Crippen LogP) is 3.88. The monoisotopic (exact) mass is 294 g/mol. The molecular formula is C17H30N2O2. The molecule has 1 aliphatic rings. The van der Waals surface area contributed by atoms with E-state index in [4.69, 9.17) is 11.5 Å². The van der Waals surface area contributed by atoms with Crippen molar-refractivity contribution < 1.29 is 10.2 Å². The fourth-order valence-electron chi connectivity index (χ4n) is 3.38. The topological polar surface area (TPSA) is 92.5 Å². The van der Waals surface area contributed by atoms with Gasteiger partial charge >= 0.3 is 0 Å². The van der Waals surface area contributed by atoms with Gasteiger partial charge in [-0.15, -0.1) is 0 Å². The summed E-state index contributed by atoms with van der Waals surface area (Å²) in [5, 5.41) is 20.8. The van der Waals surface area contributed by atoms with Gasteiger partial charge in [-0.05, 0) is 16.2 Å². The van der Waals surface area contributed by atoms with Crippen LogP contribution in [0.3, 0.4) is 0 Å². The standard InChI is InChI=1S/C15H24N2O2.C2H6/c1-13(2)7-8(14(3,4)15(13,5)6)12(19)10(17)9(16)11(7)18;1-2/h18-19H,16-17H2,1-6H3;1-2H3. The zero-order valence-corrected chi connectivity index (χ0v) is 14.5. The maximum Gasteiger partial charge on any atom is 0.144 e. The molecule has 21 heavy (non-hydrogen) atoms. The second-order valence-electron chi connectivity index (χ2n) is 7.15. The Morgan fingerprint density at radius 2 is 0.905 bits per heavy atom. The highest BCUT2D eigenvalue weighted by atomic mass is 16.3. The second kappa shape index (κ2) is 4.72. The summed E-state index contributed by atoms with van der Waals surface area (Å²) in [5.41, 5.74) is 12.4. The first-order valence-corrected chi connectivity index (χ1v) is 7.52. The lowest BCUT2D eigenvalue weighted by Crippen LogP contribution is -2.42. The number of rotatable bonds is 0. The van der Waals surface area contributed by atoms with E-state index in [1.54, 1.807) is 0 Å². The molecule has 1 aromatic carbocycles. The molecule has 0 bridgehead atoms. The average molecular weight is 294 g/mol. The van der Waals surface area contributed by atoms with Crippen LogP contribution < -0.4 is 11.5 Å². The average Bonchev–Trinajstić information content (AvgIpc) is 2.51. The first kappa shape index (κ1) is 17.5. The lowest BCUT2D eigenvalue weighted by Gasteiger charge is -2.44. The number of nitrogen functional groups attached to an aromatic ring is 2. The molecule has 4 nitrogen and oxygen atoms in total. The van der Waals surface area contributed by atoms with E-state index in [0.29, 0.717) is 11.1 Å². The molecule has 120 valence electrons. The van der Waals surface area contributed by atoms with Crippen molar-refractivity contribution in [2.45, 2.75) is 66.2 Å². The van der Waals surface area contributed by atoms with Crippen LogP contribution in [0.15, 0.2) is 0 Å². The lowest BCUT2D eigenvalue weighted by molar-refractivity contribution is 0.123. The summed E-state index contributed by atoms with van der Waals surface area (Å²) in [6.07, 6.45) is 0. The van der Waals surface area contributed by atoms with Crippen LogP contribution in [0.1, 0.15) is 66.5 Å². The van der Waals surface area contributed by atoms with Crippen molar-refractivity contribution in [2.24, 2.45) is 5.41 Å². The van der Waals surface area contributed by atoms with E-state index in [9.17, 15) is 10.2 Å². The molecular weight excluding hydrogens is 264 g/mol. The molecule has 0 unspecified atom stereocenters. The van der Waals surface area contributed by atoms with Crippen molar-refractivity contribution >= 4 is 11.4 Å². The molecule has 0 aliphatic heterocycles. The highest BCUT2D eigenvalue weighted by Crippen LogP contribution is 2.67. The Bertz CT molecular complexity index is 524. The van der Waals surface area contributed by atoms with Crippen LogP contribution in [0, 0.1) is 5.41 Å². The van der Waals surface area contributed by atoms with Gasteiger partial charge in [0.1, 0.15) is 22.9 Å². The maximum absolute atomic E-state index is 10.4. The van der Waals surface area contributed by atoms with E-state index in [0.717, 1.165) is 0 Å². The van der Waals surface area contributed by atoms with Gasteiger partial charge in [-0.25, -0.2) is 0 Å². The molecule has 0 heterocycles. The van der Waals surface area contributed by atoms with E-state index in [1.165, 1.54) is 0 Å². The zero-order chi connectivity index (χ0) is 17.0. The third-order valence-electron chi connectivity index (χ3n) is 5.90. The van der Waals surface area contributed by atoms with Crippen LogP contribution >= 0.6 is 0 Å². The number of phenolic OH excluding ortho intramolecular Hbond substituents is 2. The van der Waals surface area contributed by atoms with Gasteiger partial charge < -0.3 is 21.7 Å². The van der Waals surface area contributed by atoms with Gasteiger partial charge in [0, 0.05) is 11.1 Å². The van der Waals surface area contributed by atoms with E-state index >= 15 is 0 Å². The van der Waals surface area contributed by atoms with E-state index in [-0.39, 0.29) is 39.1 Å². The molecule has 0 atom stereocenters. The van der Waals surface area contributed by atoms with Gasteiger partial charge in [0.25, 0.3) is 0 Å². The minimum absolute atomic E-state index is 0.00829. The predicted molar refractivity (Wildman–Crippen MR) is 89.8 cm³/mol. The van der Waals surface area contributed by atoms with Crippen molar-refractivity contribution in [3.63, 3.8) is 0 Å². The smallest absolute Gasteiger partial charge is 0.144 e. The molecule has 6 N–H and O–H groups in total. The summed E-state index contributed by atoms with van der Waals surface area (Å²) < 4.78 is 0. The third kappa shape index (κ3) is 1.81. The minimum Gasteiger partial charge on any atom is -0.505 e. The van der Waals surface area contributed by atoms with Gasteiger partial charge in [-0.2, -0.15) is 0 Å². The lowest BCUT2D eigenvalue weighted by atomic mass is 9.59. The third-order valence-corrected chi connectivity index (χ3v) is 5.90. The largest absolute Gasteiger partial charge is 0.505 e. The summed E-state index contributed by atoms with van der Waals surface area (Å²) in [4.78, 5) is 0. The molecule has 0 saturated heterocycles. The van der Waals surface area contributed by atoms with Crippen molar-refractivity contribution in [1.82, 2.24) is 0 Å². The fraction of sp³-hybridized carbons (Fsp3) is 0.647. The first-order chi connectivity index (χ1) is 9.39. The van der Waals surface area contributed by atoms with Crippen LogP contribution in [0.2, 0.25) is 0 Å². The van der Waals surface area contributed by atoms with Crippen molar-refractivity contribution in [2.75, 3.05) is 11.5 Å². The number of anilines is 2. The Kier molecular flexibility index (Phi) is 3.93. The second-order valence-corrected chi connectivity index (χ2v) is 7.15. The van der Waals surface area contributed by atoms with Gasteiger partial charge in [0.05, 0.1) is 0 Å². The van der Waals surface area contributed by atoms with Crippen molar-refractivity contribution in [3.8, 4) is 11.5 Å². The van der Waals surface area contributed by atoms with Crippen LogP contribution in [0.25, 0.3) is 0 Å². The van der Waals surface area contributed by atoms with Crippen molar-refractivity contribution in [3.05, 3.63) is 11.1 Å². The highest BCUT2D eigenvalue weighted by Gasteiger charge is 2.59. The molecule has 0 spiro atoms. The Hall–Kier alpha value is -1.58. The molecule has 1 aliphatic carbocycles. The van der Waals surface area contributed by atoms with Gasteiger partial charge in [0.15, 0.2) is 0 Å². The molecule has 0 radical (unpaired) electrons. The Morgan fingerprint density at radius 1 is 0.667 bits per heavy atom. The Morgan fingerprint density at radius 3 is 1.14 bits per heavy atom. The quantitative estimate of drug-likeness (QED) is 0.332. The number of nitrogens with two attached hydrogens (primary N) is 2. The van der Waals surface area contributed by atoms with E-state index in [1.807, 2.05) is 13.8 Å². The molecule has 1 aromatic rings. The normalized spacial score (nSPS) is 20.4. The highest BCUT2D eigenvalue weighted by molar-refractivity contribution is 5.83. The summed E-state index contributed by atoms with van der Waals surface area (Å²) in [6.45, 7) is 16.5. The summed E-state index contributed by atoms with van der Waals surface area (Å²) in [7, 11) is 0.